The van der Waals surface area contributed by atoms with Crippen molar-refractivity contribution in [3.63, 3.8) is 0 Å². The van der Waals surface area contributed by atoms with Crippen LogP contribution in [0.1, 0.15) is 13.8 Å². The van der Waals surface area contributed by atoms with E-state index in [0.717, 1.165) is 0 Å². The Kier molecular flexibility index (Phi) is 3.12. The molecule has 2 rings (SSSR count). The molecule has 2 heterocycles. The third-order valence-corrected chi connectivity index (χ3v) is 2.68. The molecule has 2 aliphatic rings. The van der Waals surface area contributed by atoms with Crippen molar-refractivity contribution < 1.29 is 23.7 Å². The Bertz CT molecular complexity index is 299. The smallest absolute Gasteiger partial charge is 0.190 e. The largest absolute Gasteiger partial charge is 0.375 e. The maximum atomic E-state index is 10.3. The van der Waals surface area contributed by atoms with Gasteiger partial charge in [0.05, 0.1) is 0 Å². The van der Waals surface area contributed by atoms with E-state index < -0.39 is 12.1 Å². The van der Waals surface area contributed by atoms with Gasteiger partial charge in [-0.15, -0.1) is 0 Å². The van der Waals surface area contributed by atoms with Crippen LogP contribution >= 0.6 is 0 Å². The van der Waals surface area contributed by atoms with Gasteiger partial charge in [-0.1, -0.05) is 0 Å². The highest BCUT2D eigenvalue weighted by Crippen LogP contribution is 2.38. The summed E-state index contributed by atoms with van der Waals surface area (Å²) in [6, 6.07) is 0. The van der Waals surface area contributed by atoms with Crippen LogP contribution in [0.3, 0.4) is 0 Å². The molecule has 5 nitrogen and oxygen atoms in total. The lowest BCUT2D eigenvalue weighted by atomic mass is 10.1. The van der Waals surface area contributed by atoms with Gasteiger partial charge in [-0.05, 0) is 26.0 Å². The number of methoxy groups -OCH3 is 1. The van der Waals surface area contributed by atoms with Gasteiger partial charge in [-0.25, -0.2) is 0 Å². The van der Waals surface area contributed by atoms with E-state index in [1.54, 1.807) is 13.2 Å². The van der Waals surface area contributed by atoms with Crippen molar-refractivity contribution in [1.29, 1.82) is 0 Å². The van der Waals surface area contributed by atoms with Crippen LogP contribution in [-0.2, 0) is 23.7 Å². The summed E-state index contributed by atoms with van der Waals surface area (Å²) in [5, 5.41) is 0. The van der Waals surface area contributed by atoms with Crippen molar-refractivity contribution in [1.82, 2.24) is 0 Å². The molecule has 2 saturated heterocycles. The highest BCUT2D eigenvalue weighted by molar-refractivity contribution is 5.64. The summed E-state index contributed by atoms with van der Waals surface area (Å²) in [5.74, 6) is -0.647. The molecule has 0 aromatic carbocycles. The average Bonchev–Trinajstić information content (AvgIpc) is 2.65. The summed E-state index contributed by atoms with van der Waals surface area (Å²) in [6.07, 6.45) is 2.52. The summed E-state index contributed by atoms with van der Waals surface area (Å²) in [6.45, 7) is 3.66. The summed E-state index contributed by atoms with van der Waals surface area (Å²) < 4.78 is 22.2. The minimum Gasteiger partial charge on any atom is -0.375 e. The number of fused-ring (bicyclic) bond motifs is 1. The van der Waals surface area contributed by atoms with Gasteiger partial charge in [0.25, 0.3) is 0 Å². The van der Waals surface area contributed by atoms with Gasteiger partial charge < -0.3 is 18.9 Å². The van der Waals surface area contributed by atoms with Crippen molar-refractivity contribution in [3.8, 4) is 0 Å². The van der Waals surface area contributed by atoms with Gasteiger partial charge in [0.15, 0.2) is 12.1 Å². The molecule has 0 unspecified atom stereocenters. The normalized spacial score (nSPS) is 41.4. The first kappa shape index (κ1) is 11.7. The lowest BCUT2D eigenvalue weighted by Gasteiger charge is -2.23. The van der Waals surface area contributed by atoms with Crippen LogP contribution in [0, 0.1) is 0 Å². The third-order valence-electron chi connectivity index (χ3n) is 2.68. The molecule has 0 radical (unpaired) electrons. The number of aldehydes is 1. The number of ether oxygens (including phenoxy) is 4. The van der Waals surface area contributed by atoms with Crippen LogP contribution in [0.5, 0.6) is 0 Å². The van der Waals surface area contributed by atoms with E-state index in [1.807, 2.05) is 13.8 Å². The Labute approximate surface area is 94.3 Å². The Morgan fingerprint density at radius 3 is 2.69 bits per heavy atom. The van der Waals surface area contributed by atoms with E-state index in [9.17, 15) is 4.79 Å². The van der Waals surface area contributed by atoms with Crippen LogP contribution < -0.4 is 0 Å². The standard InChI is InChI=1S/C11H16O5/c1-11(2)15-9-8(13-3)7(5-4-6-12)14-10(9)16-11/h4-10H,1-3H3/b5-4+/t7-,8+,9-,10-/m1/s1. The Hall–Kier alpha value is -0.750. The van der Waals surface area contributed by atoms with E-state index in [-0.39, 0.29) is 18.3 Å². The van der Waals surface area contributed by atoms with Crippen molar-refractivity contribution in [3.05, 3.63) is 12.2 Å². The van der Waals surface area contributed by atoms with Crippen molar-refractivity contribution >= 4 is 6.29 Å². The van der Waals surface area contributed by atoms with Crippen LogP contribution in [0.15, 0.2) is 12.2 Å². The molecule has 5 heteroatoms. The molecule has 90 valence electrons. The first-order valence-electron chi connectivity index (χ1n) is 5.23. The van der Waals surface area contributed by atoms with E-state index in [1.165, 1.54) is 6.08 Å². The molecule has 0 aromatic rings. The molecular formula is C11H16O5. The van der Waals surface area contributed by atoms with Crippen LogP contribution in [-0.4, -0.2) is 43.8 Å². The van der Waals surface area contributed by atoms with E-state index >= 15 is 0 Å². The molecule has 0 bridgehead atoms. The second-order valence-electron chi connectivity index (χ2n) is 4.29. The molecule has 0 N–H and O–H groups in total. The molecule has 0 saturated carbocycles. The predicted octanol–water partition coefficient (Wildman–Crippen LogP) is 0.633. The Morgan fingerprint density at radius 2 is 2.06 bits per heavy atom. The highest BCUT2D eigenvalue weighted by atomic mass is 16.8. The Morgan fingerprint density at radius 1 is 1.31 bits per heavy atom. The van der Waals surface area contributed by atoms with E-state index in [4.69, 9.17) is 18.9 Å². The molecule has 4 atom stereocenters. The number of carbonyl (C=O) groups excluding carboxylic acids is 1. The minimum atomic E-state index is -0.647. The van der Waals surface area contributed by atoms with Gasteiger partial charge in [-0.3, -0.25) is 4.79 Å². The van der Waals surface area contributed by atoms with Gasteiger partial charge >= 0.3 is 0 Å². The monoisotopic (exact) mass is 228 g/mol. The third kappa shape index (κ3) is 2.04. The maximum Gasteiger partial charge on any atom is 0.190 e. The topological polar surface area (TPSA) is 54.0 Å². The summed E-state index contributed by atoms with van der Waals surface area (Å²) in [4.78, 5) is 10.3. The lowest BCUT2D eigenvalue weighted by Crippen LogP contribution is -2.35. The van der Waals surface area contributed by atoms with Crippen molar-refractivity contribution in [2.45, 2.75) is 44.2 Å². The number of allylic oxidation sites excluding steroid dienone is 1. The van der Waals surface area contributed by atoms with Gasteiger partial charge in [0, 0.05) is 7.11 Å². The molecule has 0 aromatic heterocycles. The maximum absolute atomic E-state index is 10.3. The molecule has 0 amide bonds. The fourth-order valence-electron chi connectivity index (χ4n) is 2.08. The first-order valence-corrected chi connectivity index (χ1v) is 5.23. The number of rotatable bonds is 3. The zero-order valence-corrected chi connectivity index (χ0v) is 9.58. The van der Waals surface area contributed by atoms with E-state index in [2.05, 4.69) is 0 Å². The summed E-state index contributed by atoms with van der Waals surface area (Å²) in [5.41, 5.74) is 0. The zero-order valence-electron chi connectivity index (χ0n) is 9.58. The number of hydrogen-bond donors (Lipinski definition) is 0. The summed E-state index contributed by atoms with van der Waals surface area (Å²) >= 11 is 0. The van der Waals surface area contributed by atoms with Gasteiger partial charge in [0.2, 0.25) is 0 Å². The summed E-state index contributed by atoms with van der Waals surface area (Å²) in [7, 11) is 1.59. The first-order chi connectivity index (χ1) is 7.57. The zero-order chi connectivity index (χ0) is 11.8. The second kappa shape index (κ2) is 4.25. The predicted molar refractivity (Wildman–Crippen MR) is 54.7 cm³/mol. The van der Waals surface area contributed by atoms with E-state index in [0.29, 0.717) is 6.29 Å². The van der Waals surface area contributed by atoms with Crippen molar-refractivity contribution in [2.75, 3.05) is 7.11 Å². The molecular weight excluding hydrogens is 212 g/mol. The SMILES string of the molecule is CO[C@@H]1[C@H]2OC(C)(C)O[C@H]2O[C@@H]1/C=C/C=O. The fourth-order valence-corrected chi connectivity index (χ4v) is 2.08. The van der Waals surface area contributed by atoms with Crippen LogP contribution in [0.25, 0.3) is 0 Å². The highest BCUT2D eigenvalue weighted by Gasteiger charge is 2.54. The average molecular weight is 228 g/mol. The Balaban J connectivity index is 2.09. The lowest BCUT2D eigenvalue weighted by molar-refractivity contribution is -0.210. The fraction of sp³-hybridized carbons (Fsp3) is 0.727. The molecule has 2 fully saturated rings. The second-order valence-corrected chi connectivity index (χ2v) is 4.29. The molecule has 0 spiro atoms. The molecule has 0 aliphatic carbocycles. The van der Waals surface area contributed by atoms with Crippen LogP contribution in [0.2, 0.25) is 0 Å². The molecule has 2 aliphatic heterocycles. The minimum absolute atomic E-state index is 0.247. The number of hydrogen-bond acceptors (Lipinski definition) is 5. The van der Waals surface area contributed by atoms with Crippen LogP contribution in [0.4, 0.5) is 0 Å². The molecule has 16 heavy (non-hydrogen) atoms. The van der Waals surface area contributed by atoms with Gasteiger partial charge in [-0.2, -0.15) is 0 Å². The van der Waals surface area contributed by atoms with Crippen molar-refractivity contribution in [2.24, 2.45) is 0 Å². The van der Waals surface area contributed by atoms with Gasteiger partial charge in [0.1, 0.15) is 24.6 Å². The number of carbonyl (C=O) groups is 1. The quantitative estimate of drug-likeness (QED) is 0.524.